The number of carbonyl (C=O) groups is 1. The minimum atomic E-state index is -0.173. The number of furan rings is 1. The Kier molecular flexibility index (Phi) is 5.53. The number of nitrogens with one attached hydrogen (secondary N) is 1. The van der Waals surface area contributed by atoms with E-state index in [1.807, 2.05) is 30.3 Å². The first-order valence-electron chi connectivity index (χ1n) is 8.18. The second kappa shape index (κ2) is 8.20. The summed E-state index contributed by atoms with van der Waals surface area (Å²) in [4.78, 5) is 16.1. The van der Waals surface area contributed by atoms with Crippen LogP contribution in [0.5, 0.6) is 11.5 Å². The lowest BCUT2D eigenvalue weighted by atomic mass is 10.2. The lowest BCUT2D eigenvalue weighted by molar-refractivity contribution is 0.0949. The summed E-state index contributed by atoms with van der Waals surface area (Å²) >= 11 is 0. The van der Waals surface area contributed by atoms with E-state index < -0.39 is 0 Å². The molecular formula is C20H20N2O4. The van der Waals surface area contributed by atoms with Crippen LogP contribution in [0.4, 0.5) is 0 Å². The molecule has 134 valence electrons. The van der Waals surface area contributed by atoms with E-state index in [0.29, 0.717) is 36.0 Å². The topological polar surface area (TPSA) is 73.6 Å². The summed E-state index contributed by atoms with van der Waals surface area (Å²) in [6.07, 6.45) is 4.95. The van der Waals surface area contributed by atoms with E-state index in [2.05, 4.69) is 10.3 Å². The molecule has 3 aromatic rings. The summed E-state index contributed by atoms with van der Waals surface area (Å²) in [5.41, 5.74) is 2.47. The molecule has 0 unspecified atom stereocenters. The van der Waals surface area contributed by atoms with Gasteiger partial charge in [-0.3, -0.25) is 9.78 Å². The van der Waals surface area contributed by atoms with E-state index >= 15 is 0 Å². The quantitative estimate of drug-likeness (QED) is 0.704. The van der Waals surface area contributed by atoms with Gasteiger partial charge >= 0.3 is 0 Å². The molecule has 3 rings (SSSR count). The predicted molar refractivity (Wildman–Crippen MR) is 96.2 cm³/mol. The summed E-state index contributed by atoms with van der Waals surface area (Å²) in [5.74, 6) is 1.68. The Morgan fingerprint density at radius 3 is 2.62 bits per heavy atom. The summed E-state index contributed by atoms with van der Waals surface area (Å²) in [6.45, 7) is 2.56. The Bertz CT molecular complexity index is 875. The third-order valence-corrected chi connectivity index (χ3v) is 3.93. The number of hydrogen-bond acceptors (Lipinski definition) is 5. The Morgan fingerprint density at radius 2 is 1.92 bits per heavy atom. The summed E-state index contributed by atoms with van der Waals surface area (Å²) < 4.78 is 16.4. The molecule has 2 heterocycles. The molecule has 1 amide bonds. The van der Waals surface area contributed by atoms with E-state index in [4.69, 9.17) is 13.9 Å². The molecule has 0 saturated carbocycles. The van der Waals surface area contributed by atoms with Crippen molar-refractivity contribution in [1.29, 1.82) is 0 Å². The summed E-state index contributed by atoms with van der Waals surface area (Å²) in [6, 6.07) is 11.0. The maximum absolute atomic E-state index is 12.1. The fraction of sp³-hybridized carbons (Fsp3) is 0.200. The molecule has 0 aliphatic carbocycles. The zero-order chi connectivity index (χ0) is 18.4. The Morgan fingerprint density at radius 1 is 1.12 bits per heavy atom. The van der Waals surface area contributed by atoms with Crippen LogP contribution >= 0.6 is 0 Å². The number of ether oxygens (including phenoxy) is 2. The molecule has 2 aromatic heterocycles. The van der Waals surface area contributed by atoms with Gasteiger partial charge in [0.05, 0.1) is 18.9 Å². The van der Waals surface area contributed by atoms with E-state index in [1.165, 1.54) is 6.26 Å². The number of rotatable bonds is 7. The average molecular weight is 352 g/mol. The van der Waals surface area contributed by atoms with Gasteiger partial charge in [0.25, 0.3) is 5.91 Å². The first kappa shape index (κ1) is 17.5. The minimum absolute atomic E-state index is 0.173. The largest absolute Gasteiger partial charge is 0.493 e. The number of benzene rings is 1. The van der Waals surface area contributed by atoms with Crippen molar-refractivity contribution >= 4 is 5.91 Å². The Hall–Kier alpha value is -3.28. The highest BCUT2D eigenvalue weighted by Crippen LogP contribution is 2.28. The van der Waals surface area contributed by atoms with Crippen LogP contribution in [-0.2, 0) is 13.2 Å². The fourth-order valence-corrected chi connectivity index (χ4v) is 2.48. The van der Waals surface area contributed by atoms with Gasteiger partial charge in [0.15, 0.2) is 11.5 Å². The number of pyridine rings is 1. The van der Waals surface area contributed by atoms with Crippen molar-refractivity contribution < 1.29 is 18.7 Å². The van der Waals surface area contributed by atoms with Crippen LogP contribution in [0, 0.1) is 6.92 Å². The van der Waals surface area contributed by atoms with E-state index in [0.717, 1.165) is 11.1 Å². The van der Waals surface area contributed by atoms with Gasteiger partial charge < -0.3 is 19.2 Å². The number of aromatic nitrogens is 1. The SMILES string of the molecule is COc1cc(CNC(=O)c2ccoc2C)ccc1OCc1ccncc1. The predicted octanol–water partition coefficient (Wildman–Crippen LogP) is 3.50. The van der Waals surface area contributed by atoms with Crippen molar-refractivity contribution in [3.8, 4) is 11.5 Å². The lowest BCUT2D eigenvalue weighted by Crippen LogP contribution is -2.22. The molecule has 1 aromatic carbocycles. The van der Waals surface area contributed by atoms with Crippen molar-refractivity contribution in [2.24, 2.45) is 0 Å². The second-order valence-electron chi connectivity index (χ2n) is 5.70. The molecule has 0 radical (unpaired) electrons. The maximum Gasteiger partial charge on any atom is 0.255 e. The zero-order valence-corrected chi connectivity index (χ0v) is 14.7. The van der Waals surface area contributed by atoms with Crippen molar-refractivity contribution in [2.75, 3.05) is 7.11 Å². The number of methoxy groups -OCH3 is 1. The van der Waals surface area contributed by atoms with Gasteiger partial charge in [-0.2, -0.15) is 0 Å². The Labute approximate surface area is 151 Å². The molecule has 6 heteroatoms. The van der Waals surface area contributed by atoms with Crippen molar-refractivity contribution in [3.63, 3.8) is 0 Å². The van der Waals surface area contributed by atoms with E-state index in [1.54, 1.807) is 32.5 Å². The van der Waals surface area contributed by atoms with E-state index in [-0.39, 0.29) is 5.91 Å². The van der Waals surface area contributed by atoms with Crippen LogP contribution in [0.2, 0.25) is 0 Å². The van der Waals surface area contributed by atoms with Crippen LogP contribution in [0.25, 0.3) is 0 Å². The molecule has 0 aliphatic heterocycles. The number of hydrogen-bond donors (Lipinski definition) is 1. The standard InChI is InChI=1S/C20H20N2O4/c1-14-17(7-10-25-14)20(23)22-12-16-3-4-18(19(11-16)24-2)26-13-15-5-8-21-9-6-15/h3-11H,12-13H2,1-2H3,(H,22,23). The van der Waals surface area contributed by atoms with Crippen molar-refractivity contribution in [3.05, 3.63) is 77.5 Å². The number of carbonyl (C=O) groups excluding carboxylic acids is 1. The monoisotopic (exact) mass is 352 g/mol. The molecular weight excluding hydrogens is 332 g/mol. The molecule has 0 spiro atoms. The van der Waals surface area contributed by atoms with Gasteiger partial charge in [-0.25, -0.2) is 0 Å². The first-order valence-corrected chi connectivity index (χ1v) is 8.18. The number of nitrogens with zero attached hydrogens (tertiary/aromatic N) is 1. The third kappa shape index (κ3) is 4.22. The molecule has 0 atom stereocenters. The molecule has 6 nitrogen and oxygen atoms in total. The van der Waals surface area contributed by atoms with Gasteiger partial charge in [0, 0.05) is 18.9 Å². The summed E-state index contributed by atoms with van der Waals surface area (Å²) in [7, 11) is 1.59. The Balaban J connectivity index is 1.62. The zero-order valence-electron chi connectivity index (χ0n) is 14.7. The van der Waals surface area contributed by atoms with Crippen molar-refractivity contribution in [1.82, 2.24) is 10.3 Å². The lowest BCUT2D eigenvalue weighted by Gasteiger charge is -2.12. The van der Waals surface area contributed by atoms with Crippen LogP contribution < -0.4 is 14.8 Å². The highest BCUT2D eigenvalue weighted by molar-refractivity contribution is 5.94. The third-order valence-electron chi connectivity index (χ3n) is 3.93. The van der Waals surface area contributed by atoms with Gasteiger partial charge in [0.2, 0.25) is 0 Å². The second-order valence-corrected chi connectivity index (χ2v) is 5.70. The van der Waals surface area contributed by atoms with Gasteiger partial charge in [-0.05, 0) is 48.4 Å². The van der Waals surface area contributed by atoms with Crippen LogP contribution in [0.3, 0.4) is 0 Å². The number of aryl methyl sites for hydroxylation is 1. The minimum Gasteiger partial charge on any atom is -0.493 e. The van der Waals surface area contributed by atoms with Crippen LogP contribution in [0.15, 0.2) is 59.5 Å². The molecule has 26 heavy (non-hydrogen) atoms. The average Bonchev–Trinajstić information content (AvgIpc) is 3.11. The molecule has 0 saturated heterocycles. The molecule has 0 aliphatic rings. The molecule has 1 N–H and O–H groups in total. The maximum atomic E-state index is 12.1. The van der Waals surface area contributed by atoms with Crippen molar-refractivity contribution in [2.45, 2.75) is 20.1 Å². The highest BCUT2D eigenvalue weighted by Gasteiger charge is 2.12. The highest BCUT2D eigenvalue weighted by atomic mass is 16.5. The first-order chi connectivity index (χ1) is 12.7. The fourth-order valence-electron chi connectivity index (χ4n) is 2.48. The molecule has 0 fully saturated rings. The smallest absolute Gasteiger partial charge is 0.255 e. The van der Waals surface area contributed by atoms with Crippen LogP contribution in [-0.4, -0.2) is 18.0 Å². The number of amides is 1. The summed E-state index contributed by atoms with van der Waals surface area (Å²) in [5, 5.41) is 2.87. The van der Waals surface area contributed by atoms with Gasteiger partial charge in [-0.1, -0.05) is 6.07 Å². The van der Waals surface area contributed by atoms with Crippen LogP contribution in [0.1, 0.15) is 27.2 Å². The van der Waals surface area contributed by atoms with Gasteiger partial charge in [0.1, 0.15) is 12.4 Å². The normalized spacial score (nSPS) is 10.4. The van der Waals surface area contributed by atoms with Gasteiger partial charge in [-0.15, -0.1) is 0 Å². The van der Waals surface area contributed by atoms with E-state index in [9.17, 15) is 4.79 Å². The molecule has 0 bridgehead atoms.